The number of anilines is 2. The van der Waals surface area contributed by atoms with Crippen molar-refractivity contribution < 1.29 is 17.9 Å². The maximum Gasteiger partial charge on any atom is 0.264 e. The van der Waals surface area contributed by atoms with Crippen LogP contribution < -0.4 is 9.21 Å². The molecule has 1 aliphatic rings. The van der Waals surface area contributed by atoms with Gasteiger partial charge in [0.05, 0.1) is 34.0 Å². The number of morpholine rings is 1. The first-order valence-corrected chi connectivity index (χ1v) is 16.3. The Bertz CT molecular complexity index is 1610. The monoisotopic (exact) mass is 612 g/mol. The fourth-order valence-electron chi connectivity index (χ4n) is 4.96. The fraction of sp³-hybridized carbons (Fsp3) is 0.333. The Morgan fingerprint density at radius 2 is 1.78 bits per heavy atom. The first-order valence-electron chi connectivity index (χ1n) is 13.6. The van der Waals surface area contributed by atoms with Crippen LogP contribution in [0.5, 0.6) is 0 Å². The highest BCUT2D eigenvalue weighted by Gasteiger charge is 2.26. The molecule has 1 aliphatic heterocycles. The first-order chi connectivity index (χ1) is 19.8. The number of hydrogen-bond acceptors (Lipinski definition) is 7. The van der Waals surface area contributed by atoms with E-state index >= 15 is 0 Å². The molecule has 5 rings (SSSR count). The van der Waals surface area contributed by atoms with E-state index in [9.17, 15) is 13.2 Å². The van der Waals surface area contributed by atoms with Crippen molar-refractivity contribution in [3.63, 3.8) is 0 Å². The van der Waals surface area contributed by atoms with Crippen molar-refractivity contribution in [3.05, 3.63) is 82.9 Å². The molecule has 11 heteroatoms. The van der Waals surface area contributed by atoms with Gasteiger partial charge in [-0.1, -0.05) is 41.1 Å². The summed E-state index contributed by atoms with van der Waals surface area (Å²) < 4.78 is 34.6. The summed E-state index contributed by atoms with van der Waals surface area (Å²) in [6.07, 6.45) is 0.760. The van der Waals surface area contributed by atoms with Crippen molar-refractivity contribution in [3.8, 4) is 0 Å². The lowest BCUT2D eigenvalue weighted by Gasteiger charge is -2.27. The molecular formula is C30H33ClN4O4S2. The molecule has 0 radical (unpaired) electrons. The predicted octanol–water partition coefficient (Wildman–Crippen LogP) is 5.84. The number of hydrogen-bond donors (Lipinski definition) is 0. The lowest BCUT2D eigenvalue weighted by Crippen LogP contribution is -2.39. The van der Waals surface area contributed by atoms with E-state index in [1.807, 2.05) is 25.1 Å². The van der Waals surface area contributed by atoms with Crippen molar-refractivity contribution >= 4 is 59.9 Å². The Hall–Kier alpha value is -3.02. The number of nitrogens with zero attached hydrogens (tertiary/aromatic N) is 4. The molecular weight excluding hydrogens is 580 g/mol. The zero-order chi connectivity index (χ0) is 29.0. The molecule has 2 heterocycles. The third-order valence-corrected chi connectivity index (χ3v) is 10.3. The second-order valence-corrected chi connectivity index (χ2v) is 13.2. The summed E-state index contributed by atoms with van der Waals surface area (Å²) in [5, 5.41) is 1.22. The number of ether oxygens (including phenoxy) is 1. The van der Waals surface area contributed by atoms with Gasteiger partial charge in [0.15, 0.2) is 5.13 Å². The fourth-order valence-corrected chi connectivity index (χ4v) is 7.88. The van der Waals surface area contributed by atoms with Crippen LogP contribution in [0.2, 0.25) is 5.02 Å². The number of aromatic nitrogens is 1. The minimum absolute atomic E-state index is 0.129. The molecule has 0 bridgehead atoms. The first kappa shape index (κ1) is 29.5. The quantitative estimate of drug-likeness (QED) is 0.224. The molecule has 0 unspecified atom stereocenters. The highest BCUT2D eigenvalue weighted by molar-refractivity contribution is 7.92. The summed E-state index contributed by atoms with van der Waals surface area (Å²) in [6.45, 7) is 8.53. The van der Waals surface area contributed by atoms with Crippen LogP contribution in [-0.2, 0) is 14.8 Å². The molecule has 0 N–H and O–H groups in total. The second-order valence-electron chi connectivity index (χ2n) is 9.86. The number of rotatable bonds is 10. The molecule has 41 heavy (non-hydrogen) atoms. The molecule has 4 aromatic rings. The van der Waals surface area contributed by atoms with Crippen molar-refractivity contribution in [1.82, 2.24) is 9.88 Å². The third-order valence-electron chi connectivity index (χ3n) is 7.10. The van der Waals surface area contributed by atoms with Crippen LogP contribution in [0.4, 0.5) is 10.8 Å². The van der Waals surface area contributed by atoms with Crippen molar-refractivity contribution in [2.75, 3.05) is 55.1 Å². The van der Waals surface area contributed by atoms with E-state index in [2.05, 4.69) is 4.90 Å². The highest BCUT2D eigenvalue weighted by atomic mass is 35.5. The van der Waals surface area contributed by atoms with Gasteiger partial charge in [-0.25, -0.2) is 13.4 Å². The summed E-state index contributed by atoms with van der Waals surface area (Å²) in [5.41, 5.74) is 2.76. The molecule has 0 spiro atoms. The number of benzene rings is 3. The van der Waals surface area contributed by atoms with Gasteiger partial charge < -0.3 is 4.74 Å². The van der Waals surface area contributed by atoms with E-state index in [1.54, 1.807) is 48.2 Å². The molecule has 0 saturated carbocycles. The van der Waals surface area contributed by atoms with E-state index in [0.717, 1.165) is 55.0 Å². The van der Waals surface area contributed by atoms with E-state index in [0.29, 0.717) is 27.9 Å². The number of aryl methyl sites for hydroxylation is 1. The summed E-state index contributed by atoms with van der Waals surface area (Å²) in [6, 6.07) is 18.9. The maximum absolute atomic E-state index is 13.9. The zero-order valence-corrected chi connectivity index (χ0v) is 25.5. The minimum Gasteiger partial charge on any atom is -0.379 e. The lowest BCUT2D eigenvalue weighted by molar-refractivity contribution is 0.0376. The van der Waals surface area contributed by atoms with Crippen LogP contribution in [0, 0.1) is 6.92 Å². The zero-order valence-electron chi connectivity index (χ0n) is 23.1. The predicted molar refractivity (Wildman–Crippen MR) is 166 cm³/mol. The SMILES string of the molecule is CCN(c1ccccc1)S(=O)(=O)c1ccc(C(=O)N(CCCN2CCOCC2)c2nc3c(C)cc(Cl)cc3s2)cc1. The molecule has 1 saturated heterocycles. The Morgan fingerprint density at radius 3 is 2.46 bits per heavy atom. The van der Waals surface area contributed by atoms with Gasteiger partial charge in [0.1, 0.15) is 0 Å². The van der Waals surface area contributed by atoms with E-state index < -0.39 is 10.0 Å². The van der Waals surface area contributed by atoms with Crippen LogP contribution in [0.15, 0.2) is 71.6 Å². The van der Waals surface area contributed by atoms with Gasteiger partial charge >= 0.3 is 0 Å². The van der Waals surface area contributed by atoms with Gasteiger partial charge in [-0.2, -0.15) is 0 Å². The van der Waals surface area contributed by atoms with Gasteiger partial charge in [0, 0.05) is 43.3 Å². The van der Waals surface area contributed by atoms with Crippen molar-refractivity contribution in [2.45, 2.75) is 25.2 Å². The number of thiazole rings is 1. The number of para-hydroxylation sites is 1. The normalized spacial score (nSPS) is 14.3. The van der Waals surface area contributed by atoms with Crippen LogP contribution in [0.3, 0.4) is 0 Å². The number of carbonyl (C=O) groups excluding carboxylic acids is 1. The highest BCUT2D eigenvalue weighted by Crippen LogP contribution is 2.34. The standard InChI is InChI=1S/C30H33ClN4O4S2/c1-3-35(25-8-5-4-6-9-25)41(37,38)26-12-10-23(11-13-26)29(36)34(15-7-14-33-16-18-39-19-17-33)30-32-28-22(2)20-24(31)21-27(28)40-30/h4-6,8-13,20-21H,3,7,14-19H2,1-2H3. The number of carbonyl (C=O) groups is 1. The molecule has 3 aromatic carbocycles. The average Bonchev–Trinajstić information content (AvgIpc) is 3.40. The third kappa shape index (κ3) is 6.57. The summed E-state index contributed by atoms with van der Waals surface area (Å²) in [4.78, 5) is 22.9. The Balaban J connectivity index is 1.41. The lowest BCUT2D eigenvalue weighted by atomic mass is 10.2. The van der Waals surface area contributed by atoms with Gasteiger partial charge in [-0.05, 0) is 74.4 Å². The molecule has 0 aliphatic carbocycles. The number of amides is 1. The number of halogens is 1. The topological polar surface area (TPSA) is 83.1 Å². The summed E-state index contributed by atoms with van der Waals surface area (Å²) in [7, 11) is -3.80. The maximum atomic E-state index is 13.9. The Kier molecular flexibility index (Phi) is 9.25. The summed E-state index contributed by atoms with van der Waals surface area (Å²) >= 11 is 7.72. The Morgan fingerprint density at radius 1 is 1.07 bits per heavy atom. The second kappa shape index (κ2) is 12.9. The largest absolute Gasteiger partial charge is 0.379 e. The van der Waals surface area contributed by atoms with Gasteiger partial charge in [0.25, 0.3) is 15.9 Å². The van der Waals surface area contributed by atoms with Gasteiger partial charge in [0.2, 0.25) is 0 Å². The molecule has 0 atom stereocenters. The molecule has 8 nitrogen and oxygen atoms in total. The van der Waals surface area contributed by atoms with Crippen molar-refractivity contribution in [1.29, 1.82) is 0 Å². The number of sulfonamides is 1. The molecule has 1 aromatic heterocycles. The van der Waals surface area contributed by atoms with Crippen LogP contribution in [-0.4, -0.2) is 70.1 Å². The smallest absolute Gasteiger partial charge is 0.264 e. The molecule has 1 fully saturated rings. The summed E-state index contributed by atoms with van der Waals surface area (Å²) in [5.74, 6) is -0.228. The van der Waals surface area contributed by atoms with Crippen LogP contribution >= 0.6 is 22.9 Å². The van der Waals surface area contributed by atoms with Crippen molar-refractivity contribution in [2.24, 2.45) is 0 Å². The average molecular weight is 613 g/mol. The van der Waals surface area contributed by atoms with E-state index in [4.69, 9.17) is 21.3 Å². The van der Waals surface area contributed by atoms with E-state index in [1.165, 1.54) is 27.8 Å². The van der Waals surface area contributed by atoms with Gasteiger partial charge in [-0.3, -0.25) is 18.9 Å². The number of fused-ring (bicyclic) bond motifs is 1. The Labute approximate surface area is 250 Å². The molecule has 216 valence electrons. The van der Waals surface area contributed by atoms with Crippen LogP contribution in [0.1, 0.15) is 29.3 Å². The van der Waals surface area contributed by atoms with Crippen LogP contribution in [0.25, 0.3) is 10.2 Å². The van der Waals surface area contributed by atoms with Gasteiger partial charge in [-0.15, -0.1) is 0 Å². The molecule has 1 amide bonds. The van der Waals surface area contributed by atoms with E-state index in [-0.39, 0.29) is 17.3 Å². The minimum atomic E-state index is -3.80.